The minimum absolute atomic E-state index is 0.150. The highest BCUT2D eigenvalue weighted by atomic mass is 35.5. The molecule has 1 aliphatic rings. The Morgan fingerprint density at radius 1 is 1.55 bits per heavy atom. The highest BCUT2D eigenvalue weighted by Gasteiger charge is 2.47. The number of ether oxygens (including phenoxy) is 1. The Labute approximate surface area is 119 Å². The van der Waals surface area contributed by atoms with Gasteiger partial charge in [-0.15, -0.1) is 5.10 Å². The van der Waals surface area contributed by atoms with E-state index in [0.717, 1.165) is 0 Å². The predicted octanol–water partition coefficient (Wildman–Crippen LogP) is 1.51. The number of carbonyl (C=O) groups is 1. The van der Waals surface area contributed by atoms with Crippen LogP contribution in [-0.2, 0) is 4.79 Å². The van der Waals surface area contributed by atoms with Gasteiger partial charge in [0.25, 0.3) is 0 Å². The molecule has 2 unspecified atom stereocenters. The largest absolute Gasteiger partial charge is 0.495 e. The van der Waals surface area contributed by atoms with Crippen molar-refractivity contribution >= 4 is 17.6 Å². The molecule has 0 saturated heterocycles. The normalized spacial score (nSPS) is 20.7. The first-order valence-corrected chi connectivity index (χ1v) is 6.34. The maximum Gasteiger partial charge on any atom is 0.307 e. The second-order valence-corrected chi connectivity index (χ2v) is 4.96. The lowest BCUT2D eigenvalue weighted by atomic mass is 10.2. The third kappa shape index (κ3) is 2.09. The molecular weight excluding hydrogens is 284 g/mol. The van der Waals surface area contributed by atoms with Crippen LogP contribution in [0.3, 0.4) is 0 Å². The van der Waals surface area contributed by atoms with Crippen molar-refractivity contribution in [1.29, 1.82) is 0 Å². The van der Waals surface area contributed by atoms with Crippen LogP contribution in [-0.4, -0.2) is 38.4 Å². The lowest BCUT2D eigenvalue weighted by Crippen LogP contribution is -2.06. The predicted molar refractivity (Wildman–Crippen MR) is 69.2 cm³/mol. The summed E-state index contributed by atoms with van der Waals surface area (Å²) in [7, 11) is 1.53. The fourth-order valence-electron chi connectivity index (χ4n) is 2.15. The molecule has 0 aliphatic heterocycles. The maximum atomic E-state index is 10.9. The number of carboxylic acid groups (broad SMARTS) is 1. The Balaban J connectivity index is 1.94. The maximum absolute atomic E-state index is 10.9. The first-order valence-electron chi connectivity index (χ1n) is 5.97. The zero-order valence-corrected chi connectivity index (χ0v) is 11.3. The molecule has 1 aromatic carbocycles. The van der Waals surface area contributed by atoms with Crippen LogP contribution in [0.4, 0.5) is 0 Å². The Hall–Kier alpha value is -2.15. The molecule has 0 amide bonds. The number of carboxylic acids is 1. The van der Waals surface area contributed by atoms with Crippen molar-refractivity contribution in [3.8, 4) is 11.4 Å². The van der Waals surface area contributed by atoms with Crippen molar-refractivity contribution in [2.45, 2.75) is 12.3 Å². The van der Waals surface area contributed by atoms with Gasteiger partial charge in [0.15, 0.2) is 5.82 Å². The quantitative estimate of drug-likeness (QED) is 0.919. The SMILES string of the molecule is COc1ccc(-n2nnnc2C2CC2C(=O)O)cc1Cl. The molecule has 1 fully saturated rings. The van der Waals surface area contributed by atoms with Crippen LogP contribution < -0.4 is 4.74 Å². The third-order valence-corrected chi connectivity index (χ3v) is 3.61. The summed E-state index contributed by atoms with van der Waals surface area (Å²) in [5.74, 6) is -0.285. The second kappa shape index (κ2) is 4.75. The number of rotatable bonds is 4. The van der Waals surface area contributed by atoms with E-state index in [1.54, 1.807) is 18.2 Å². The number of benzene rings is 1. The van der Waals surface area contributed by atoms with Crippen LogP contribution >= 0.6 is 11.6 Å². The summed E-state index contributed by atoms with van der Waals surface area (Å²) in [4.78, 5) is 10.9. The number of halogens is 1. The number of methoxy groups -OCH3 is 1. The summed E-state index contributed by atoms with van der Waals surface area (Å²) in [6, 6.07) is 5.16. The van der Waals surface area contributed by atoms with Gasteiger partial charge in [0.1, 0.15) is 5.75 Å². The van der Waals surface area contributed by atoms with Gasteiger partial charge >= 0.3 is 5.97 Å². The number of aliphatic carboxylic acids is 1. The molecular formula is C12H11ClN4O3. The smallest absolute Gasteiger partial charge is 0.307 e. The Kier molecular flexibility index (Phi) is 3.06. The molecule has 7 nitrogen and oxygen atoms in total. The molecule has 1 aliphatic carbocycles. The molecule has 8 heteroatoms. The fourth-order valence-corrected chi connectivity index (χ4v) is 2.40. The molecule has 2 atom stereocenters. The van der Waals surface area contributed by atoms with Crippen LogP contribution in [0.2, 0.25) is 5.02 Å². The van der Waals surface area contributed by atoms with Gasteiger partial charge in [-0.1, -0.05) is 11.6 Å². The van der Waals surface area contributed by atoms with Gasteiger partial charge in [0, 0.05) is 5.92 Å². The number of hydrogen-bond donors (Lipinski definition) is 1. The van der Waals surface area contributed by atoms with E-state index in [2.05, 4.69) is 15.5 Å². The van der Waals surface area contributed by atoms with Gasteiger partial charge < -0.3 is 9.84 Å². The number of hydrogen-bond acceptors (Lipinski definition) is 5. The second-order valence-electron chi connectivity index (χ2n) is 4.55. The van der Waals surface area contributed by atoms with E-state index in [-0.39, 0.29) is 5.92 Å². The average Bonchev–Trinajstić information content (AvgIpc) is 3.08. The lowest BCUT2D eigenvalue weighted by Gasteiger charge is -2.07. The lowest BCUT2D eigenvalue weighted by molar-refractivity contribution is -0.138. The summed E-state index contributed by atoms with van der Waals surface area (Å²) < 4.78 is 6.60. The van der Waals surface area contributed by atoms with E-state index in [4.69, 9.17) is 21.4 Å². The summed E-state index contributed by atoms with van der Waals surface area (Å²) in [6.45, 7) is 0. The van der Waals surface area contributed by atoms with Gasteiger partial charge in [-0.2, -0.15) is 4.68 Å². The van der Waals surface area contributed by atoms with Gasteiger partial charge in [-0.05, 0) is 35.0 Å². The molecule has 20 heavy (non-hydrogen) atoms. The molecule has 0 bridgehead atoms. The van der Waals surface area contributed by atoms with E-state index in [9.17, 15) is 4.79 Å². The minimum atomic E-state index is -0.822. The first kappa shape index (κ1) is 12.9. The van der Waals surface area contributed by atoms with E-state index < -0.39 is 11.9 Å². The van der Waals surface area contributed by atoms with Crippen molar-refractivity contribution in [2.75, 3.05) is 7.11 Å². The van der Waals surface area contributed by atoms with Crippen LogP contribution in [0.15, 0.2) is 18.2 Å². The standard InChI is InChI=1S/C12H11ClN4O3/c1-20-10-3-2-6(4-9(10)13)17-11(14-15-16-17)7-5-8(7)12(18)19/h2-4,7-8H,5H2,1H3,(H,18,19). The summed E-state index contributed by atoms with van der Waals surface area (Å²) in [5, 5.41) is 20.9. The molecule has 3 rings (SSSR count). The molecule has 1 N–H and O–H groups in total. The van der Waals surface area contributed by atoms with E-state index in [0.29, 0.717) is 28.7 Å². The summed E-state index contributed by atoms with van der Waals surface area (Å²) >= 11 is 6.07. The zero-order valence-electron chi connectivity index (χ0n) is 10.5. The molecule has 0 spiro atoms. The van der Waals surface area contributed by atoms with Crippen molar-refractivity contribution in [3.63, 3.8) is 0 Å². The molecule has 2 aromatic rings. The highest BCUT2D eigenvalue weighted by molar-refractivity contribution is 6.32. The average molecular weight is 295 g/mol. The van der Waals surface area contributed by atoms with E-state index in [1.807, 2.05) is 0 Å². The molecule has 104 valence electrons. The molecule has 1 saturated carbocycles. The van der Waals surface area contributed by atoms with Gasteiger partial charge in [-0.3, -0.25) is 4.79 Å². The fraction of sp³-hybridized carbons (Fsp3) is 0.333. The van der Waals surface area contributed by atoms with Gasteiger partial charge in [0.2, 0.25) is 0 Å². The Bertz CT molecular complexity index is 672. The van der Waals surface area contributed by atoms with Gasteiger partial charge in [0.05, 0.1) is 23.7 Å². The van der Waals surface area contributed by atoms with Crippen molar-refractivity contribution in [2.24, 2.45) is 5.92 Å². The van der Waals surface area contributed by atoms with E-state index >= 15 is 0 Å². The van der Waals surface area contributed by atoms with E-state index in [1.165, 1.54) is 11.8 Å². The van der Waals surface area contributed by atoms with Crippen molar-refractivity contribution in [1.82, 2.24) is 20.2 Å². The Morgan fingerprint density at radius 2 is 2.35 bits per heavy atom. The molecule has 1 aromatic heterocycles. The number of nitrogens with zero attached hydrogens (tertiary/aromatic N) is 4. The topological polar surface area (TPSA) is 90.1 Å². The Morgan fingerprint density at radius 3 is 2.95 bits per heavy atom. The zero-order chi connectivity index (χ0) is 14.3. The number of aromatic nitrogens is 4. The third-order valence-electron chi connectivity index (χ3n) is 3.31. The monoisotopic (exact) mass is 294 g/mol. The minimum Gasteiger partial charge on any atom is -0.495 e. The first-order chi connectivity index (χ1) is 9.61. The number of tetrazole rings is 1. The summed E-state index contributed by atoms with van der Waals surface area (Å²) in [6.07, 6.45) is 0.555. The van der Waals surface area contributed by atoms with Crippen LogP contribution in [0.25, 0.3) is 5.69 Å². The van der Waals surface area contributed by atoms with Crippen molar-refractivity contribution < 1.29 is 14.6 Å². The van der Waals surface area contributed by atoms with Crippen molar-refractivity contribution in [3.05, 3.63) is 29.0 Å². The molecule has 0 radical (unpaired) electrons. The van der Waals surface area contributed by atoms with Crippen LogP contribution in [0.5, 0.6) is 5.75 Å². The van der Waals surface area contributed by atoms with Crippen LogP contribution in [0, 0.1) is 5.92 Å². The summed E-state index contributed by atoms with van der Waals surface area (Å²) in [5.41, 5.74) is 0.673. The highest BCUT2D eigenvalue weighted by Crippen LogP contribution is 2.46. The molecule has 1 heterocycles. The van der Waals surface area contributed by atoms with Crippen LogP contribution in [0.1, 0.15) is 18.2 Å². The van der Waals surface area contributed by atoms with Gasteiger partial charge in [-0.25, -0.2) is 0 Å².